The van der Waals surface area contributed by atoms with Crippen LogP contribution in [0.5, 0.6) is 0 Å². The Labute approximate surface area is 161 Å². The minimum Gasteiger partial charge on any atom is -0.295 e. The smallest absolute Gasteiger partial charge is 0.288 e. The second kappa shape index (κ2) is 7.64. The molecule has 2 amide bonds. The summed E-state index contributed by atoms with van der Waals surface area (Å²) in [6.07, 6.45) is 7.15. The zero-order valence-corrected chi connectivity index (χ0v) is 15.1. The number of fused-ring (bicyclic) bond motifs is 1. The summed E-state index contributed by atoms with van der Waals surface area (Å²) in [6, 6.07) is 11.3. The van der Waals surface area contributed by atoms with E-state index in [4.69, 9.17) is 0 Å². The number of carbonyl (C=O) groups is 2. The summed E-state index contributed by atoms with van der Waals surface area (Å²) in [4.78, 5) is 28.9. The molecule has 1 aliphatic carbocycles. The lowest BCUT2D eigenvalue weighted by Crippen LogP contribution is -2.42. The molecule has 0 saturated heterocycles. The lowest BCUT2D eigenvalue weighted by atomic mass is 9.90. The highest BCUT2D eigenvalue weighted by molar-refractivity contribution is 5.98. The number of rotatable bonds is 3. The van der Waals surface area contributed by atoms with Gasteiger partial charge in [0.05, 0.1) is 12.5 Å². The van der Waals surface area contributed by atoms with Gasteiger partial charge in [0.2, 0.25) is 0 Å². The summed E-state index contributed by atoms with van der Waals surface area (Å²) in [6.45, 7) is 0. The number of nitrogens with one attached hydrogen (secondary N) is 2. The van der Waals surface area contributed by atoms with Crippen molar-refractivity contribution in [1.82, 2.24) is 20.4 Å². The summed E-state index contributed by atoms with van der Waals surface area (Å²) < 4.78 is 14.6. The molecule has 2 aromatic carbocycles. The van der Waals surface area contributed by atoms with E-state index < -0.39 is 5.91 Å². The highest BCUT2D eigenvalue weighted by Gasteiger charge is 2.16. The lowest BCUT2D eigenvalue weighted by Gasteiger charge is -2.16. The van der Waals surface area contributed by atoms with Gasteiger partial charge in [-0.1, -0.05) is 6.07 Å². The van der Waals surface area contributed by atoms with Gasteiger partial charge in [-0.25, -0.2) is 9.37 Å². The monoisotopic (exact) mass is 378 g/mol. The normalized spacial score (nSPS) is 12.9. The number of aromatic nitrogens is 2. The summed E-state index contributed by atoms with van der Waals surface area (Å²) >= 11 is 0. The van der Waals surface area contributed by atoms with Gasteiger partial charge in [0.1, 0.15) is 11.5 Å². The van der Waals surface area contributed by atoms with E-state index in [1.54, 1.807) is 18.2 Å². The second-order valence-electron chi connectivity index (χ2n) is 6.72. The first-order chi connectivity index (χ1) is 13.6. The number of aryl methyl sites for hydroxylation is 2. The molecule has 0 bridgehead atoms. The van der Waals surface area contributed by atoms with Crippen LogP contribution in [0.3, 0.4) is 0 Å². The third kappa shape index (κ3) is 3.64. The third-order valence-electron chi connectivity index (χ3n) is 4.88. The summed E-state index contributed by atoms with van der Waals surface area (Å²) in [7, 11) is 0. The van der Waals surface area contributed by atoms with Gasteiger partial charge in [-0.2, -0.15) is 0 Å². The average Bonchev–Trinajstić information content (AvgIpc) is 3.22. The number of nitrogens with zero attached hydrogens (tertiary/aromatic N) is 2. The molecule has 0 fully saturated rings. The Morgan fingerprint density at radius 2 is 1.64 bits per heavy atom. The predicted octanol–water partition coefficient (Wildman–Crippen LogP) is 2.97. The quantitative estimate of drug-likeness (QED) is 0.688. The molecule has 4 rings (SSSR count). The first-order valence-electron chi connectivity index (χ1n) is 9.12. The van der Waals surface area contributed by atoms with Gasteiger partial charge in [-0.05, 0) is 73.2 Å². The van der Waals surface area contributed by atoms with Crippen LogP contribution >= 0.6 is 0 Å². The van der Waals surface area contributed by atoms with Crippen LogP contribution in [0.15, 0.2) is 55.0 Å². The van der Waals surface area contributed by atoms with Crippen molar-refractivity contribution >= 4 is 11.8 Å². The number of benzene rings is 2. The Morgan fingerprint density at radius 1 is 0.929 bits per heavy atom. The Kier molecular flexibility index (Phi) is 4.89. The molecule has 0 aliphatic heterocycles. The minimum atomic E-state index is -0.520. The van der Waals surface area contributed by atoms with Crippen LogP contribution in [0.2, 0.25) is 0 Å². The van der Waals surface area contributed by atoms with Gasteiger partial charge in [0.25, 0.3) is 11.8 Å². The molecule has 2 N–H and O–H groups in total. The molecule has 0 saturated carbocycles. The van der Waals surface area contributed by atoms with Crippen LogP contribution in [0.1, 0.15) is 44.8 Å². The van der Waals surface area contributed by atoms with E-state index >= 15 is 0 Å². The number of imidazole rings is 1. The van der Waals surface area contributed by atoms with Crippen molar-refractivity contribution in [3.63, 3.8) is 0 Å². The van der Waals surface area contributed by atoms with E-state index in [1.165, 1.54) is 46.8 Å². The van der Waals surface area contributed by atoms with Gasteiger partial charge in [-0.15, -0.1) is 0 Å². The zero-order chi connectivity index (χ0) is 19.5. The maximum absolute atomic E-state index is 13.1. The summed E-state index contributed by atoms with van der Waals surface area (Å²) in [5.41, 5.74) is 8.65. The maximum atomic E-state index is 13.1. The molecule has 3 aromatic rings. The van der Waals surface area contributed by atoms with Crippen molar-refractivity contribution < 1.29 is 14.0 Å². The number of amides is 2. The van der Waals surface area contributed by atoms with Gasteiger partial charge < -0.3 is 0 Å². The fraction of sp³-hybridized carbons (Fsp3) is 0.190. The van der Waals surface area contributed by atoms with Gasteiger partial charge >= 0.3 is 0 Å². The van der Waals surface area contributed by atoms with E-state index in [2.05, 4.69) is 15.8 Å². The SMILES string of the molecule is O=C(NNC(=O)c1cncn1-c1ccc(F)cc1)c1ccc2c(c1)CCCC2. The molecule has 0 unspecified atom stereocenters. The molecule has 28 heavy (non-hydrogen) atoms. The van der Waals surface area contributed by atoms with Crippen LogP contribution in [0, 0.1) is 5.82 Å². The van der Waals surface area contributed by atoms with E-state index in [9.17, 15) is 14.0 Å². The van der Waals surface area contributed by atoms with E-state index in [1.807, 2.05) is 12.1 Å². The Morgan fingerprint density at radius 3 is 2.43 bits per heavy atom. The fourth-order valence-electron chi connectivity index (χ4n) is 3.39. The zero-order valence-electron chi connectivity index (χ0n) is 15.1. The van der Waals surface area contributed by atoms with Gasteiger partial charge in [0, 0.05) is 11.3 Å². The van der Waals surface area contributed by atoms with E-state index in [-0.39, 0.29) is 17.4 Å². The molecule has 1 aliphatic rings. The number of hydrogen-bond acceptors (Lipinski definition) is 3. The molecule has 6 nitrogen and oxygen atoms in total. The van der Waals surface area contributed by atoms with Crippen LogP contribution < -0.4 is 10.9 Å². The van der Waals surface area contributed by atoms with Gasteiger partial charge in [-0.3, -0.25) is 25.0 Å². The first-order valence-corrected chi connectivity index (χ1v) is 9.12. The number of hydrazine groups is 1. The number of carbonyl (C=O) groups excluding carboxylic acids is 2. The van der Waals surface area contributed by atoms with Crippen molar-refractivity contribution in [3.8, 4) is 5.69 Å². The molecule has 1 heterocycles. The summed E-state index contributed by atoms with van der Waals surface area (Å²) in [5.74, 6) is -1.27. The molecule has 0 atom stereocenters. The Hall–Kier alpha value is -3.48. The van der Waals surface area contributed by atoms with Crippen molar-refractivity contribution in [2.24, 2.45) is 0 Å². The van der Waals surface area contributed by atoms with E-state index in [0.717, 1.165) is 19.3 Å². The van der Waals surface area contributed by atoms with Crippen LogP contribution in [-0.2, 0) is 12.8 Å². The molecule has 0 spiro atoms. The maximum Gasteiger partial charge on any atom is 0.288 e. The second-order valence-corrected chi connectivity index (χ2v) is 6.72. The van der Waals surface area contributed by atoms with Crippen molar-refractivity contribution in [2.75, 3.05) is 0 Å². The van der Waals surface area contributed by atoms with E-state index in [0.29, 0.717) is 11.3 Å². The molecular weight excluding hydrogens is 359 g/mol. The van der Waals surface area contributed by atoms with Crippen molar-refractivity contribution in [1.29, 1.82) is 0 Å². The Balaban J connectivity index is 1.44. The molecule has 0 radical (unpaired) electrons. The standard InChI is InChI=1S/C21H19FN4O2/c22-17-7-9-18(10-8-17)26-13-23-12-19(26)21(28)25-24-20(27)16-6-5-14-3-1-2-4-15(14)11-16/h5-13H,1-4H2,(H,24,27)(H,25,28). The molecule has 142 valence electrons. The number of hydrogen-bond donors (Lipinski definition) is 2. The van der Waals surface area contributed by atoms with Crippen LogP contribution in [-0.4, -0.2) is 21.4 Å². The first kappa shape index (κ1) is 17.9. The van der Waals surface area contributed by atoms with Crippen molar-refractivity contribution in [3.05, 3.63) is 83.2 Å². The average molecular weight is 378 g/mol. The predicted molar refractivity (Wildman–Crippen MR) is 102 cm³/mol. The fourth-order valence-corrected chi connectivity index (χ4v) is 3.39. The summed E-state index contributed by atoms with van der Waals surface area (Å²) in [5, 5.41) is 0. The highest BCUT2D eigenvalue weighted by Crippen LogP contribution is 2.22. The number of halogens is 1. The molecule has 7 heteroatoms. The molecule has 1 aromatic heterocycles. The third-order valence-corrected chi connectivity index (χ3v) is 4.88. The Bertz CT molecular complexity index is 1030. The van der Waals surface area contributed by atoms with Gasteiger partial charge in [0.15, 0.2) is 0 Å². The van der Waals surface area contributed by atoms with Crippen molar-refractivity contribution in [2.45, 2.75) is 25.7 Å². The minimum absolute atomic E-state index is 0.220. The lowest BCUT2D eigenvalue weighted by molar-refractivity contribution is 0.0843. The largest absolute Gasteiger partial charge is 0.295 e. The van der Waals surface area contributed by atoms with Crippen LogP contribution in [0.4, 0.5) is 4.39 Å². The highest BCUT2D eigenvalue weighted by atomic mass is 19.1. The van der Waals surface area contributed by atoms with Crippen LogP contribution in [0.25, 0.3) is 5.69 Å². The topological polar surface area (TPSA) is 76.0 Å². The molecular formula is C21H19FN4O2.